The molecule has 2 saturated heterocycles. The molecule has 0 saturated carbocycles. The van der Waals surface area contributed by atoms with E-state index in [1.54, 1.807) is 12.4 Å². The monoisotopic (exact) mass is 518 g/mol. The van der Waals surface area contributed by atoms with E-state index in [-0.39, 0.29) is 11.9 Å². The Balaban J connectivity index is 1.25. The zero-order valence-corrected chi connectivity index (χ0v) is 21.7. The summed E-state index contributed by atoms with van der Waals surface area (Å²) in [5, 5.41) is 11.5. The van der Waals surface area contributed by atoms with E-state index in [2.05, 4.69) is 34.3 Å². The summed E-state index contributed by atoms with van der Waals surface area (Å²) in [6.07, 6.45) is 20.7. The van der Waals surface area contributed by atoms with Gasteiger partial charge in [-0.15, -0.1) is 0 Å². The van der Waals surface area contributed by atoms with Crippen LogP contribution in [0.4, 0.5) is 0 Å². The van der Waals surface area contributed by atoms with Crippen molar-refractivity contribution in [2.75, 3.05) is 19.7 Å². The predicted molar refractivity (Wildman–Crippen MR) is 145 cm³/mol. The largest absolute Gasteiger partial charge is 0.478 e. The van der Waals surface area contributed by atoms with Crippen LogP contribution in [0.2, 0.25) is 5.02 Å². The SMILES string of the molecule is C/C(C1=CC=CC=CC1)=C1/OCCCN1/N=C/C(=O)N1CCC[C@H]1Cn1cc(-c2ccc(Cl)cn2)cn1. The Kier molecular flexibility index (Phi) is 7.84. The molecular formula is C28H31ClN6O2. The van der Waals surface area contributed by atoms with E-state index in [4.69, 9.17) is 16.3 Å². The van der Waals surface area contributed by atoms with E-state index >= 15 is 0 Å². The lowest BCUT2D eigenvalue weighted by Crippen LogP contribution is -2.39. The number of hydrogen-bond acceptors (Lipinski definition) is 6. The molecule has 1 atom stereocenters. The van der Waals surface area contributed by atoms with E-state index in [1.165, 1.54) is 11.8 Å². The van der Waals surface area contributed by atoms with Gasteiger partial charge in [0.15, 0.2) is 0 Å². The third-order valence-corrected chi connectivity index (χ3v) is 7.03. The summed E-state index contributed by atoms with van der Waals surface area (Å²) in [6, 6.07) is 3.75. The number of nitrogens with zero attached hydrogens (tertiary/aromatic N) is 6. The maximum Gasteiger partial charge on any atom is 0.267 e. The fraction of sp³-hybridized carbons (Fsp3) is 0.357. The van der Waals surface area contributed by atoms with Crippen LogP contribution in [0.5, 0.6) is 0 Å². The smallest absolute Gasteiger partial charge is 0.267 e. The van der Waals surface area contributed by atoms with Crippen LogP contribution in [0, 0.1) is 0 Å². The van der Waals surface area contributed by atoms with Crippen LogP contribution >= 0.6 is 11.6 Å². The van der Waals surface area contributed by atoms with Crippen LogP contribution < -0.4 is 0 Å². The first-order chi connectivity index (χ1) is 18.1. The molecule has 2 aromatic rings. The van der Waals surface area contributed by atoms with Crippen molar-refractivity contribution >= 4 is 23.7 Å². The molecular weight excluding hydrogens is 488 g/mol. The number of hydrogen-bond donors (Lipinski definition) is 0. The predicted octanol–water partition coefficient (Wildman–Crippen LogP) is 4.97. The van der Waals surface area contributed by atoms with E-state index in [1.807, 2.05) is 51.1 Å². The molecule has 4 heterocycles. The molecule has 0 spiro atoms. The second-order valence-corrected chi connectivity index (χ2v) is 9.79. The first kappa shape index (κ1) is 25.0. The maximum absolute atomic E-state index is 13.2. The Morgan fingerprint density at radius 3 is 3.00 bits per heavy atom. The summed E-state index contributed by atoms with van der Waals surface area (Å²) in [7, 11) is 0. The number of rotatable bonds is 6. The van der Waals surface area contributed by atoms with Crippen molar-refractivity contribution in [1.82, 2.24) is 24.7 Å². The summed E-state index contributed by atoms with van der Waals surface area (Å²) < 4.78 is 7.88. The summed E-state index contributed by atoms with van der Waals surface area (Å²) in [5.74, 6) is 0.638. The lowest BCUT2D eigenvalue weighted by atomic mass is 10.0. The van der Waals surface area contributed by atoms with Crippen LogP contribution in [0.15, 0.2) is 83.2 Å². The highest BCUT2D eigenvalue weighted by Gasteiger charge is 2.29. The number of carbonyl (C=O) groups is 1. The average Bonchev–Trinajstić information content (AvgIpc) is 3.50. The molecule has 2 aliphatic heterocycles. The Labute approximate surface area is 222 Å². The number of hydrazone groups is 1. The number of halogens is 1. The fourth-order valence-corrected chi connectivity index (χ4v) is 4.94. The molecule has 2 aromatic heterocycles. The standard InChI is InChI=1S/C28H31ClN6O2/c1-21(22-8-4-2-3-5-9-22)28-35(14-7-15-37-28)32-18-27(36)34-13-6-10-25(34)20-33-19-23(16-31-33)26-12-11-24(29)17-30-26/h2-5,8,11-12,16-19,25H,6-7,9-10,13-15,20H2,1H3/b28-21-,32-18+/t25-/m0/s1. The van der Waals surface area contributed by atoms with Crippen molar-refractivity contribution in [2.24, 2.45) is 5.10 Å². The van der Waals surface area contributed by atoms with Gasteiger partial charge in [0, 0.05) is 43.0 Å². The van der Waals surface area contributed by atoms with Crippen LogP contribution in [-0.4, -0.2) is 62.5 Å². The van der Waals surface area contributed by atoms with Gasteiger partial charge in [0.05, 0.1) is 36.1 Å². The lowest BCUT2D eigenvalue weighted by Gasteiger charge is -2.29. The van der Waals surface area contributed by atoms with Crippen LogP contribution in [0.25, 0.3) is 11.3 Å². The summed E-state index contributed by atoms with van der Waals surface area (Å²) in [5.41, 5.74) is 3.96. The molecule has 0 unspecified atom stereocenters. The van der Waals surface area contributed by atoms with Gasteiger partial charge in [0.2, 0.25) is 5.88 Å². The number of pyridine rings is 1. The van der Waals surface area contributed by atoms with Gasteiger partial charge in [-0.05, 0) is 43.9 Å². The van der Waals surface area contributed by atoms with E-state index < -0.39 is 0 Å². The van der Waals surface area contributed by atoms with Crippen molar-refractivity contribution in [2.45, 2.75) is 45.2 Å². The van der Waals surface area contributed by atoms with E-state index in [9.17, 15) is 4.79 Å². The van der Waals surface area contributed by atoms with Crippen LogP contribution in [-0.2, 0) is 16.1 Å². The molecule has 3 aliphatic rings. The number of ether oxygens (including phenoxy) is 1. The van der Waals surface area contributed by atoms with Crippen LogP contribution in [0.3, 0.4) is 0 Å². The highest BCUT2D eigenvalue weighted by atomic mass is 35.5. The second kappa shape index (κ2) is 11.6. The van der Waals surface area contributed by atoms with Gasteiger partial charge in [-0.1, -0.05) is 42.0 Å². The van der Waals surface area contributed by atoms with Crippen molar-refractivity contribution in [1.29, 1.82) is 0 Å². The Hall–Kier alpha value is -3.65. The van der Waals surface area contributed by atoms with Gasteiger partial charge >= 0.3 is 0 Å². The van der Waals surface area contributed by atoms with Crippen LogP contribution in [0.1, 0.15) is 32.6 Å². The summed E-state index contributed by atoms with van der Waals surface area (Å²) in [4.78, 5) is 19.4. The van der Waals surface area contributed by atoms with Crippen molar-refractivity contribution in [3.05, 3.63) is 83.2 Å². The van der Waals surface area contributed by atoms with Gasteiger partial charge in [0.1, 0.15) is 6.21 Å². The van der Waals surface area contributed by atoms with Gasteiger partial charge in [-0.3, -0.25) is 14.5 Å². The van der Waals surface area contributed by atoms with Gasteiger partial charge in [-0.25, -0.2) is 5.01 Å². The molecule has 9 heteroatoms. The first-order valence-corrected chi connectivity index (χ1v) is 13.1. The van der Waals surface area contributed by atoms with E-state index in [0.717, 1.165) is 48.4 Å². The lowest BCUT2D eigenvalue weighted by molar-refractivity contribution is -0.124. The van der Waals surface area contributed by atoms with Gasteiger partial charge < -0.3 is 9.64 Å². The number of likely N-dealkylation sites (tertiary alicyclic amines) is 1. The first-order valence-electron chi connectivity index (χ1n) is 12.7. The molecule has 0 bridgehead atoms. The van der Waals surface area contributed by atoms with Gasteiger partial charge in [0.25, 0.3) is 5.91 Å². The van der Waals surface area contributed by atoms with Crippen molar-refractivity contribution < 1.29 is 9.53 Å². The molecule has 0 aromatic carbocycles. The zero-order chi connectivity index (χ0) is 25.6. The van der Waals surface area contributed by atoms with Gasteiger partial charge in [-0.2, -0.15) is 10.2 Å². The summed E-state index contributed by atoms with van der Waals surface area (Å²) in [6.45, 7) is 4.76. The normalized spacial score (nSPS) is 21.2. The molecule has 5 rings (SSSR count). The van der Waals surface area contributed by atoms with Crippen molar-refractivity contribution in [3.63, 3.8) is 0 Å². The number of allylic oxidation sites excluding steroid dienone is 7. The molecule has 2 fully saturated rings. The van der Waals surface area contributed by atoms with E-state index in [0.29, 0.717) is 31.3 Å². The molecule has 192 valence electrons. The number of aromatic nitrogens is 3. The molecule has 0 radical (unpaired) electrons. The second-order valence-electron chi connectivity index (χ2n) is 9.35. The minimum Gasteiger partial charge on any atom is -0.478 e. The highest BCUT2D eigenvalue weighted by Crippen LogP contribution is 2.26. The Morgan fingerprint density at radius 2 is 2.14 bits per heavy atom. The molecule has 8 nitrogen and oxygen atoms in total. The Morgan fingerprint density at radius 1 is 1.22 bits per heavy atom. The maximum atomic E-state index is 13.2. The average molecular weight is 519 g/mol. The third kappa shape index (κ3) is 6.02. The fourth-order valence-electron chi connectivity index (χ4n) is 4.83. The topological polar surface area (TPSA) is 75.8 Å². The Bertz CT molecular complexity index is 1270. The zero-order valence-electron chi connectivity index (χ0n) is 21.0. The molecule has 1 amide bonds. The minimum atomic E-state index is -0.0867. The quantitative estimate of drug-likeness (QED) is 0.504. The molecule has 0 N–H and O–H groups in total. The molecule has 37 heavy (non-hydrogen) atoms. The number of carbonyl (C=O) groups excluding carboxylic acids is 1. The third-order valence-electron chi connectivity index (χ3n) is 6.81. The molecule has 1 aliphatic carbocycles. The number of amides is 1. The summed E-state index contributed by atoms with van der Waals surface area (Å²) >= 11 is 5.95. The minimum absolute atomic E-state index is 0.0638. The highest BCUT2D eigenvalue weighted by molar-refractivity contribution is 6.30. The van der Waals surface area contributed by atoms with Crippen molar-refractivity contribution in [3.8, 4) is 11.3 Å².